The summed E-state index contributed by atoms with van der Waals surface area (Å²) in [6.45, 7) is 0.381. The van der Waals surface area contributed by atoms with Crippen molar-refractivity contribution in [2.24, 2.45) is 5.10 Å². The number of anilines is 1. The van der Waals surface area contributed by atoms with E-state index in [2.05, 4.69) is 20.2 Å². The molecule has 0 radical (unpaired) electrons. The molecule has 0 saturated heterocycles. The van der Waals surface area contributed by atoms with Crippen LogP contribution in [-0.4, -0.2) is 32.4 Å². The molecule has 1 aromatic heterocycles. The number of hydrogen-bond donors (Lipinski definition) is 2. The topological polar surface area (TPSA) is 83.5 Å². The second kappa shape index (κ2) is 9.29. The summed E-state index contributed by atoms with van der Waals surface area (Å²) in [5.41, 5.74) is 6.63. The van der Waals surface area contributed by atoms with Gasteiger partial charge in [0.25, 0.3) is 0 Å². The maximum atomic E-state index is 11.1. The van der Waals surface area contributed by atoms with Crippen LogP contribution < -0.4 is 10.1 Å². The number of nitrogens with one attached hydrogen (secondary N) is 2. The van der Waals surface area contributed by atoms with Crippen LogP contribution in [0.2, 0.25) is 5.02 Å². The highest BCUT2D eigenvalue weighted by atomic mass is 35.5. The summed E-state index contributed by atoms with van der Waals surface area (Å²) in [6.07, 6.45) is 3.44. The molecule has 0 unspecified atom stereocenters. The number of rotatable bonds is 8. The molecular weight excluding hydrogens is 416 g/mol. The van der Waals surface area contributed by atoms with Gasteiger partial charge in [0, 0.05) is 28.1 Å². The van der Waals surface area contributed by atoms with Crippen molar-refractivity contribution >= 4 is 44.3 Å². The van der Waals surface area contributed by atoms with Gasteiger partial charge in [0.1, 0.15) is 0 Å². The Hall–Kier alpha value is -2.26. The largest absolute Gasteiger partial charge is 0.253 e. The maximum absolute atomic E-state index is 11.1. The van der Waals surface area contributed by atoms with Crippen molar-refractivity contribution in [3.8, 4) is 11.3 Å². The molecule has 0 bridgehead atoms. The van der Waals surface area contributed by atoms with E-state index in [1.807, 2.05) is 53.9 Å². The average Bonchev–Trinajstić information content (AvgIpc) is 3.12. The molecule has 1 heterocycles. The van der Waals surface area contributed by atoms with E-state index in [-0.39, 0.29) is 0 Å². The minimum atomic E-state index is -3.16. The molecule has 0 aliphatic rings. The lowest BCUT2D eigenvalue weighted by molar-refractivity contribution is 0.588. The summed E-state index contributed by atoms with van der Waals surface area (Å²) in [5, 5.41) is 7.45. The lowest BCUT2D eigenvalue weighted by atomic mass is 10.1. The molecule has 0 amide bonds. The smallest absolute Gasteiger partial charge is 0.208 e. The number of hydrazone groups is 1. The zero-order valence-corrected chi connectivity index (χ0v) is 17.5. The SMILES string of the molecule is CS(=O)(=O)NCCc1ccc(-c2csc(N/N=C\c3ccccc3Cl)n2)cc1. The number of nitrogens with zero attached hydrogens (tertiary/aromatic N) is 2. The van der Waals surface area contributed by atoms with Gasteiger partial charge in [-0.15, -0.1) is 11.3 Å². The van der Waals surface area contributed by atoms with Gasteiger partial charge in [0.15, 0.2) is 0 Å². The normalized spacial score (nSPS) is 11.8. The Bertz CT molecular complexity index is 1060. The molecule has 0 aliphatic heterocycles. The Morgan fingerprint density at radius 3 is 2.64 bits per heavy atom. The second-order valence-electron chi connectivity index (χ2n) is 6.04. The summed E-state index contributed by atoms with van der Waals surface area (Å²) in [5.74, 6) is 0. The number of aromatic nitrogens is 1. The number of benzene rings is 2. The van der Waals surface area contributed by atoms with Gasteiger partial charge < -0.3 is 0 Å². The number of hydrogen-bond acceptors (Lipinski definition) is 6. The minimum absolute atomic E-state index is 0.381. The highest BCUT2D eigenvalue weighted by Crippen LogP contribution is 2.25. The summed E-state index contributed by atoms with van der Waals surface area (Å²) in [6, 6.07) is 15.4. The third-order valence-corrected chi connectivity index (χ3v) is 5.62. The van der Waals surface area contributed by atoms with Crippen molar-refractivity contribution < 1.29 is 8.42 Å². The maximum Gasteiger partial charge on any atom is 0.208 e. The van der Waals surface area contributed by atoms with Gasteiger partial charge in [-0.25, -0.2) is 18.1 Å². The van der Waals surface area contributed by atoms with Crippen molar-refractivity contribution in [3.63, 3.8) is 0 Å². The van der Waals surface area contributed by atoms with E-state index < -0.39 is 10.0 Å². The number of sulfonamides is 1. The number of halogens is 1. The summed E-state index contributed by atoms with van der Waals surface area (Å²) in [4.78, 5) is 4.53. The first-order chi connectivity index (χ1) is 13.4. The van der Waals surface area contributed by atoms with Crippen LogP contribution >= 0.6 is 22.9 Å². The van der Waals surface area contributed by atoms with Crippen molar-refractivity contribution in [2.75, 3.05) is 18.2 Å². The monoisotopic (exact) mass is 434 g/mol. The molecule has 6 nitrogen and oxygen atoms in total. The van der Waals surface area contributed by atoms with E-state index in [1.54, 1.807) is 6.21 Å². The van der Waals surface area contributed by atoms with E-state index in [0.717, 1.165) is 28.6 Å². The fourth-order valence-corrected chi connectivity index (χ4v) is 3.74. The van der Waals surface area contributed by atoms with Crippen molar-refractivity contribution in [1.82, 2.24) is 9.71 Å². The number of thiazole rings is 1. The predicted octanol–water partition coefficient (Wildman–Crippen LogP) is 4.00. The molecule has 3 aromatic rings. The predicted molar refractivity (Wildman–Crippen MR) is 117 cm³/mol. The summed E-state index contributed by atoms with van der Waals surface area (Å²) < 4.78 is 24.7. The van der Waals surface area contributed by atoms with Gasteiger partial charge in [0.05, 0.1) is 18.2 Å². The third-order valence-electron chi connectivity index (χ3n) is 3.80. The Balaban J connectivity index is 1.58. The van der Waals surface area contributed by atoms with Crippen molar-refractivity contribution in [3.05, 3.63) is 70.1 Å². The standard InChI is InChI=1S/C19H19ClN4O2S2/c1-28(25,26)22-11-10-14-6-8-15(9-7-14)18-13-27-19(23-18)24-21-12-16-4-2-3-5-17(16)20/h2-9,12-13,22H,10-11H2,1H3,(H,23,24)/b21-12-. The van der Waals surface area contributed by atoms with Crippen LogP contribution in [0, 0.1) is 0 Å². The average molecular weight is 435 g/mol. The molecule has 0 atom stereocenters. The fourth-order valence-electron chi connectivity index (χ4n) is 2.42. The van der Waals surface area contributed by atoms with Crippen molar-refractivity contribution in [1.29, 1.82) is 0 Å². The molecule has 0 spiro atoms. The molecule has 2 N–H and O–H groups in total. The molecule has 0 fully saturated rings. The van der Waals surface area contributed by atoms with E-state index in [4.69, 9.17) is 11.6 Å². The third kappa shape index (κ3) is 6.13. The Labute approximate surface area is 173 Å². The van der Waals surface area contributed by atoms with E-state index in [1.165, 1.54) is 11.3 Å². The lowest BCUT2D eigenvalue weighted by Gasteiger charge is -2.04. The van der Waals surface area contributed by atoms with E-state index in [9.17, 15) is 8.42 Å². The molecule has 0 saturated carbocycles. The molecule has 2 aromatic carbocycles. The van der Waals surface area contributed by atoms with Crippen LogP contribution in [0.25, 0.3) is 11.3 Å². The fraction of sp³-hybridized carbons (Fsp3) is 0.158. The zero-order valence-electron chi connectivity index (χ0n) is 15.1. The highest BCUT2D eigenvalue weighted by molar-refractivity contribution is 7.88. The first kappa shape index (κ1) is 20.5. The van der Waals surface area contributed by atoms with Crippen LogP contribution in [0.4, 0.5) is 5.13 Å². The van der Waals surface area contributed by atoms with Gasteiger partial charge in [-0.1, -0.05) is 54.1 Å². The van der Waals surface area contributed by atoms with E-state index in [0.29, 0.717) is 23.1 Å². The van der Waals surface area contributed by atoms with Crippen LogP contribution in [0.5, 0.6) is 0 Å². The summed E-state index contributed by atoms with van der Waals surface area (Å²) in [7, 11) is -3.16. The molecule has 9 heteroatoms. The summed E-state index contributed by atoms with van der Waals surface area (Å²) >= 11 is 7.55. The second-order valence-corrected chi connectivity index (χ2v) is 9.14. The molecule has 3 rings (SSSR count). The van der Waals surface area contributed by atoms with Crippen LogP contribution in [0.15, 0.2) is 59.0 Å². The van der Waals surface area contributed by atoms with E-state index >= 15 is 0 Å². The van der Waals surface area contributed by atoms with Gasteiger partial charge >= 0.3 is 0 Å². The first-order valence-electron chi connectivity index (χ1n) is 8.44. The molecular formula is C19H19ClN4O2S2. The van der Waals surface area contributed by atoms with Gasteiger partial charge in [-0.2, -0.15) is 5.10 Å². The van der Waals surface area contributed by atoms with Crippen LogP contribution in [0.3, 0.4) is 0 Å². The Morgan fingerprint density at radius 1 is 1.18 bits per heavy atom. The minimum Gasteiger partial charge on any atom is -0.253 e. The lowest BCUT2D eigenvalue weighted by Crippen LogP contribution is -2.24. The molecule has 146 valence electrons. The van der Waals surface area contributed by atoms with Crippen LogP contribution in [0.1, 0.15) is 11.1 Å². The van der Waals surface area contributed by atoms with Crippen molar-refractivity contribution in [2.45, 2.75) is 6.42 Å². The van der Waals surface area contributed by atoms with Crippen LogP contribution in [-0.2, 0) is 16.4 Å². The Morgan fingerprint density at radius 2 is 1.93 bits per heavy atom. The zero-order chi connectivity index (χ0) is 20.0. The molecule has 28 heavy (non-hydrogen) atoms. The Kier molecular flexibility index (Phi) is 6.79. The van der Waals surface area contributed by atoms with Gasteiger partial charge in [-0.05, 0) is 18.1 Å². The quantitative estimate of drug-likeness (QED) is 0.414. The highest BCUT2D eigenvalue weighted by Gasteiger charge is 2.05. The van der Waals surface area contributed by atoms with Gasteiger partial charge in [-0.3, -0.25) is 5.43 Å². The van der Waals surface area contributed by atoms with Gasteiger partial charge in [0.2, 0.25) is 15.2 Å². The first-order valence-corrected chi connectivity index (χ1v) is 11.6. The molecule has 0 aliphatic carbocycles.